The van der Waals surface area contributed by atoms with Gasteiger partial charge in [-0.2, -0.15) is 0 Å². The number of nitrogens with one attached hydrogen (secondary N) is 1. The summed E-state index contributed by atoms with van der Waals surface area (Å²) in [5.41, 5.74) is 2.84. The first kappa shape index (κ1) is 29.8. The van der Waals surface area contributed by atoms with Gasteiger partial charge in [-0.05, 0) is 73.6 Å². The molecule has 0 spiro atoms. The van der Waals surface area contributed by atoms with E-state index < -0.39 is 10.7 Å². The van der Waals surface area contributed by atoms with Crippen LogP contribution in [0.4, 0.5) is 5.82 Å². The second kappa shape index (κ2) is 12.7. The van der Waals surface area contributed by atoms with Crippen molar-refractivity contribution in [2.45, 2.75) is 76.6 Å². The lowest BCUT2D eigenvalue weighted by molar-refractivity contribution is -0.0621. The Morgan fingerprint density at radius 1 is 1.20 bits per heavy atom. The van der Waals surface area contributed by atoms with Gasteiger partial charge in [-0.25, -0.2) is 4.98 Å². The first-order valence-corrected chi connectivity index (χ1v) is 16.7. The lowest BCUT2D eigenvalue weighted by atomic mass is 9.64. The monoisotopic (exact) mass is 577 g/mol. The van der Waals surface area contributed by atoms with Gasteiger partial charge in [0.15, 0.2) is 11.6 Å². The summed E-state index contributed by atoms with van der Waals surface area (Å²) in [6.45, 7) is 11.1. The Labute approximate surface area is 249 Å². The number of benzene rings is 1. The molecule has 3 aliphatic rings. The zero-order valence-electron chi connectivity index (χ0n) is 25.4. The van der Waals surface area contributed by atoms with Crippen LogP contribution in [0.15, 0.2) is 48.6 Å². The van der Waals surface area contributed by atoms with E-state index in [1.165, 1.54) is 11.1 Å². The predicted molar refractivity (Wildman–Crippen MR) is 171 cm³/mol. The smallest absolute Gasteiger partial charge is 0.279 e. The van der Waals surface area contributed by atoms with Crippen molar-refractivity contribution < 1.29 is 14.3 Å². The van der Waals surface area contributed by atoms with Gasteiger partial charge in [-0.15, -0.1) is 0 Å². The Morgan fingerprint density at radius 3 is 2.73 bits per heavy atom. The third kappa shape index (κ3) is 6.26. The van der Waals surface area contributed by atoms with Crippen molar-refractivity contribution in [3.63, 3.8) is 0 Å². The number of amides is 1. The Bertz CT molecular complexity index is 1300. The number of hydrogen-bond donors (Lipinski definition) is 1. The molecule has 41 heavy (non-hydrogen) atoms. The first-order chi connectivity index (χ1) is 19.7. The molecule has 2 aliphatic heterocycles. The van der Waals surface area contributed by atoms with E-state index in [4.69, 9.17) is 14.5 Å². The van der Waals surface area contributed by atoms with Crippen LogP contribution in [0.2, 0.25) is 0 Å². The summed E-state index contributed by atoms with van der Waals surface area (Å²) < 4.78 is 15.8. The summed E-state index contributed by atoms with van der Waals surface area (Å²) in [4.78, 5) is 20.8. The molecule has 0 radical (unpaired) electrons. The van der Waals surface area contributed by atoms with E-state index in [0.717, 1.165) is 56.8 Å². The van der Waals surface area contributed by atoms with Crippen molar-refractivity contribution >= 4 is 28.3 Å². The van der Waals surface area contributed by atoms with E-state index >= 15 is 0 Å². The molecule has 0 saturated heterocycles. The van der Waals surface area contributed by atoms with Crippen LogP contribution in [0.1, 0.15) is 80.9 Å². The quantitative estimate of drug-likeness (QED) is 0.321. The third-order valence-corrected chi connectivity index (χ3v) is 11.6. The molecule has 6 nitrogen and oxygen atoms in total. The lowest BCUT2D eigenvalue weighted by Crippen LogP contribution is -2.49. The van der Waals surface area contributed by atoms with Crippen molar-refractivity contribution in [3.8, 4) is 5.75 Å². The fourth-order valence-electron chi connectivity index (χ4n) is 6.70. The number of allylic oxidation sites excluding steroid dienone is 1. The van der Waals surface area contributed by atoms with Crippen molar-refractivity contribution in [1.29, 1.82) is 0 Å². The summed E-state index contributed by atoms with van der Waals surface area (Å²) in [6, 6.07) is 12.5. The fraction of sp³-hybridized carbons (Fsp3) is 0.559. The molecule has 222 valence electrons. The number of hydrogen-bond acceptors (Lipinski definition) is 5. The number of nitrogens with zero attached hydrogens (tertiary/aromatic N) is 2. The van der Waals surface area contributed by atoms with E-state index in [-0.39, 0.29) is 22.7 Å². The van der Waals surface area contributed by atoms with Gasteiger partial charge in [0.1, 0.15) is 5.69 Å². The second-order valence-electron chi connectivity index (χ2n) is 12.4. The number of pyridine rings is 1. The van der Waals surface area contributed by atoms with Crippen molar-refractivity contribution in [3.05, 3.63) is 65.4 Å². The average Bonchev–Trinajstić information content (AvgIpc) is 3.13. The maximum Gasteiger partial charge on any atom is 0.279 e. The van der Waals surface area contributed by atoms with Crippen LogP contribution in [0.25, 0.3) is 0 Å². The molecule has 1 saturated carbocycles. The molecule has 6 unspecified atom stereocenters. The highest BCUT2D eigenvalue weighted by Crippen LogP contribution is 2.46. The van der Waals surface area contributed by atoms with E-state index in [2.05, 4.69) is 79.6 Å². The van der Waals surface area contributed by atoms with Gasteiger partial charge in [0, 0.05) is 31.4 Å². The molecule has 1 amide bonds. The first-order valence-electron chi connectivity index (χ1n) is 15.3. The summed E-state index contributed by atoms with van der Waals surface area (Å²) in [5.74, 6) is 7.11. The summed E-state index contributed by atoms with van der Waals surface area (Å²) in [7, 11) is 1.30. The molecule has 5 rings (SSSR count). The average molecular weight is 578 g/mol. The highest BCUT2D eigenvalue weighted by atomic mass is 32.2. The van der Waals surface area contributed by atoms with Gasteiger partial charge >= 0.3 is 0 Å². The molecule has 2 bridgehead atoms. The Balaban J connectivity index is 1.55. The van der Waals surface area contributed by atoms with E-state index in [9.17, 15) is 4.79 Å². The Hall–Kier alpha value is -2.64. The standard InChI is InChI=1S/C34H47N3O3S/c1-7-11-25-13-8-9-14-28(25)27-21-37-20-26-15-16-29(26)34(4,39-5)19-10-12-23(2)24(3)41(6)36-33(38)30-17-18-31(40-22-27)32(37)35-30/h8-10,13-14,17-19,23-24,26-27,29H,6-7,11-12,15-16,20-22H2,1-5H3,(H,36,38)/b19-10+/t23?,24?,26?,27?,29?,34-,41?/m0/s1. The lowest BCUT2D eigenvalue weighted by Gasteiger charge is -2.48. The Kier molecular flexibility index (Phi) is 9.24. The zero-order chi connectivity index (χ0) is 29.1. The fourth-order valence-corrected chi connectivity index (χ4v) is 7.90. The van der Waals surface area contributed by atoms with Gasteiger partial charge in [-0.1, -0.05) is 80.2 Å². The number of rotatable bonds is 4. The van der Waals surface area contributed by atoms with Crippen molar-refractivity contribution in [2.75, 3.05) is 31.7 Å². The van der Waals surface area contributed by atoms with E-state index in [0.29, 0.717) is 30.1 Å². The molecule has 1 fully saturated rings. The van der Waals surface area contributed by atoms with Crippen LogP contribution < -0.4 is 14.4 Å². The van der Waals surface area contributed by atoms with Crippen LogP contribution in [0.3, 0.4) is 0 Å². The molecule has 7 atom stereocenters. The predicted octanol–water partition coefficient (Wildman–Crippen LogP) is 6.78. The molecule has 1 N–H and O–H groups in total. The number of aryl methyl sites for hydroxylation is 1. The molecule has 1 aliphatic carbocycles. The van der Waals surface area contributed by atoms with Gasteiger partial charge in [-0.3, -0.25) is 4.79 Å². The number of fused-ring (bicyclic) bond motifs is 2. The van der Waals surface area contributed by atoms with Crippen LogP contribution in [0, 0.1) is 17.8 Å². The summed E-state index contributed by atoms with van der Waals surface area (Å²) in [6.07, 6.45) is 9.95. The van der Waals surface area contributed by atoms with Crippen LogP contribution in [-0.4, -0.2) is 54.4 Å². The van der Waals surface area contributed by atoms with E-state index in [1.807, 2.05) is 13.2 Å². The second-order valence-corrected chi connectivity index (χ2v) is 14.2. The van der Waals surface area contributed by atoms with Crippen LogP contribution in [-0.2, 0) is 11.2 Å². The number of methoxy groups -OCH3 is 1. The van der Waals surface area contributed by atoms with Crippen LogP contribution in [0.5, 0.6) is 5.75 Å². The number of anilines is 1. The highest BCUT2D eigenvalue weighted by Gasteiger charge is 2.45. The molecule has 7 heteroatoms. The van der Waals surface area contributed by atoms with E-state index in [1.54, 1.807) is 6.07 Å². The third-order valence-electron chi connectivity index (χ3n) is 9.75. The number of aromatic nitrogens is 1. The highest BCUT2D eigenvalue weighted by molar-refractivity contribution is 8.13. The van der Waals surface area contributed by atoms with Gasteiger partial charge in [0.2, 0.25) is 0 Å². The van der Waals surface area contributed by atoms with Crippen molar-refractivity contribution in [2.24, 2.45) is 17.8 Å². The minimum absolute atomic E-state index is 0.171. The SMILES string of the molecule is C=S1NC(=O)c2ccc3c(n2)N(CC(c2ccccc2CCC)CO3)CC2CCC2[C@@](C)(OC)/C=C/CC(C)C1C. The van der Waals surface area contributed by atoms with Gasteiger partial charge < -0.3 is 19.1 Å². The molecular formula is C34H47N3O3S. The molecule has 1 aromatic carbocycles. The van der Waals surface area contributed by atoms with Crippen molar-refractivity contribution in [1.82, 2.24) is 9.71 Å². The number of carbonyl (C=O) groups excluding carboxylic acids is 1. The maximum absolute atomic E-state index is 13.4. The minimum Gasteiger partial charge on any atom is -0.489 e. The Morgan fingerprint density at radius 2 is 2.00 bits per heavy atom. The largest absolute Gasteiger partial charge is 0.489 e. The molecular weight excluding hydrogens is 530 g/mol. The van der Waals surface area contributed by atoms with Crippen LogP contribution >= 0.6 is 10.7 Å². The molecule has 1 aromatic heterocycles. The van der Waals surface area contributed by atoms with Gasteiger partial charge in [0.05, 0.1) is 12.2 Å². The minimum atomic E-state index is -0.540. The topological polar surface area (TPSA) is 63.7 Å². The summed E-state index contributed by atoms with van der Waals surface area (Å²) in [5, 5.41) is 0.228. The maximum atomic E-state index is 13.4. The van der Waals surface area contributed by atoms with Gasteiger partial charge in [0.25, 0.3) is 5.91 Å². The molecule has 3 heterocycles. The molecule has 2 aromatic rings. The number of carbonyl (C=O) groups is 1. The normalized spacial score (nSPS) is 33.0. The zero-order valence-corrected chi connectivity index (χ0v) is 26.2. The number of ether oxygens (including phenoxy) is 2. The summed E-state index contributed by atoms with van der Waals surface area (Å²) >= 11 is 0.